The third-order valence-electron chi connectivity index (χ3n) is 3.14. The Morgan fingerprint density at radius 1 is 1.50 bits per heavy atom. The Morgan fingerprint density at radius 3 is 2.81 bits per heavy atom. The fourth-order valence-electron chi connectivity index (χ4n) is 2.05. The number of carbonyl (C=O) groups excluding carboxylic acids is 1. The van der Waals surface area contributed by atoms with Crippen LogP contribution in [0.1, 0.15) is 32.6 Å². The van der Waals surface area contributed by atoms with Crippen LogP contribution in [0.2, 0.25) is 0 Å². The van der Waals surface area contributed by atoms with Crippen molar-refractivity contribution in [3.05, 3.63) is 0 Å². The highest BCUT2D eigenvalue weighted by molar-refractivity contribution is 5.73. The summed E-state index contributed by atoms with van der Waals surface area (Å²) in [6.07, 6.45) is 3.86. The molecule has 0 unspecified atom stereocenters. The van der Waals surface area contributed by atoms with Crippen molar-refractivity contribution in [1.82, 2.24) is 5.32 Å². The summed E-state index contributed by atoms with van der Waals surface area (Å²) >= 11 is 0. The third kappa shape index (κ3) is 6.08. The second-order valence-corrected chi connectivity index (χ2v) is 4.82. The van der Waals surface area contributed by atoms with E-state index in [2.05, 4.69) is 12.2 Å². The summed E-state index contributed by atoms with van der Waals surface area (Å²) in [5.74, 6) is 0.955. The van der Waals surface area contributed by atoms with Crippen molar-refractivity contribution in [1.29, 1.82) is 0 Å². The van der Waals surface area contributed by atoms with Gasteiger partial charge in [-0.2, -0.15) is 0 Å². The summed E-state index contributed by atoms with van der Waals surface area (Å²) in [4.78, 5) is 10.7. The molecule has 1 aliphatic heterocycles. The average Bonchev–Trinajstić information content (AvgIpc) is 2.25. The molecule has 0 spiro atoms. The predicted octanol–water partition coefficient (Wildman–Crippen LogP) is 0.904. The van der Waals surface area contributed by atoms with Crippen LogP contribution in [-0.4, -0.2) is 32.2 Å². The largest absolute Gasteiger partial charge is 0.381 e. The second-order valence-electron chi connectivity index (χ2n) is 4.82. The number of nitrogens with two attached hydrogens (primary N) is 1. The minimum Gasteiger partial charge on any atom is -0.381 e. The van der Waals surface area contributed by atoms with Gasteiger partial charge in [0.1, 0.15) is 0 Å². The number of hydrogen-bond acceptors (Lipinski definition) is 3. The van der Waals surface area contributed by atoms with Crippen LogP contribution < -0.4 is 11.1 Å². The molecule has 0 aromatic rings. The topological polar surface area (TPSA) is 64.3 Å². The van der Waals surface area contributed by atoms with Gasteiger partial charge in [-0.25, -0.2) is 0 Å². The van der Waals surface area contributed by atoms with Gasteiger partial charge in [0.05, 0.1) is 0 Å². The molecule has 3 N–H and O–H groups in total. The van der Waals surface area contributed by atoms with Crippen LogP contribution in [0.25, 0.3) is 0 Å². The molecule has 1 amide bonds. The van der Waals surface area contributed by atoms with Crippen molar-refractivity contribution in [3.8, 4) is 0 Å². The van der Waals surface area contributed by atoms with Crippen LogP contribution in [0.5, 0.6) is 0 Å². The second kappa shape index (κ2) is 7.63. The number of ether oxygens (including phenoxy) is 1. The minimum absolute atomic E-state index is 0.197. The number of amides is 1. The van der Waals surface area contributed by atoms with E-state index in [9.17, 15) is 4.79 Å². The first-order chi connectivity index (χ1) is 7.68. The maximum atomic E-state index is 10.7. The summed E-state index contributed by atoms with van der Waals surface area (Å²) in [7, 11) is 0. The van der Waals surface area contributed by atoms with Crippen molar-refractivity contribution < 1.29 is 9.53 Å². The van der Waals surface area contributed by atoms with Crippen LogP contribution in [0.4, 0.5) is 0 Å². The van der Waals surface area contributed by atoms with Gasteiger partial charge in [-0.3, -0.25) is 4.79 Å². The van der Waals surface area contributed by atoms with Gasteiger partial charge in [0.2, 0.25) is 5.91 Å². The highest BCUT2D eigenvalue weighted by Gasteiger charge is 2.13. The van der Waals surface area contributed by atoms with Crippen molar-refractivity contribution in [2.24, 2.45) is 17.6 Å². The number of hydrogen-bond donors (Lipinski definition) is 2. The lowest BCUT2D eigenvalue weighted by molar-refractivity contribution is -0.118. The van der Waals surface area contributed by atoms with Crippen LogP contribution in [0.3, 0.4) is 0 Å². The van der Waals surface area contributed by atoms with Gasteiger partial charge in [0.25, 0.3) is 0 Å². The van der Waals surface area contributed by atoms with Crippen LogP contribution in [0, 0.1) is 11.8 Å². The molecule has 0 bridgehead atoms. The predicted molar refractivity (Wildman–Crippen MR) is 64.0 cm³/mol. The number of nitrogens with one attached hydrogen (secondary N) is 1. The van der Waals surface area contributed by atoms with E-state index >= 15 is 0 Å². The Hall–Kier alpha value is -0.610. The highest BCUT2D eigenvalue weighted by Crippen LogP contribution is 2.13. The Balaban J connectivity index is 1.96. The molecule has 0 aromatic carbocycles. The smallest absolute Gasteiger partial charge is 0.217 e. The first-order valence-corrected chi connectivity index (χ1v) is 6.25. The maximum Gasteiger partial charge on any atom is 0.217 e. The first kappa shape index (κ1) is 13.5. The van der Waals surface area contributed by atoms with Gasteiger partial charge in [0, 0.05) is 19.6 Å². The lowest BCUT2D eigenvalue weighted by Gasteiger charge is -2.22. The number of primary amides is 1. The standard InChI is InChI=1S/C12H24N2O2/c1-10(8-12(13)15)2-5-14-9-11-3-6-16-7-4-11/h10-11,14H,2-9H2,1H3,(H2,13,15)/t10-/m0/s1. The molecule has 1 fully saturated rings. The summed E-state index contributed by atoms with van der Waals surface area (Å²) in [6.45, 7) is 5.94. The Bertz CT molecular complexity index is 203. The summed E-state index contributed by atoms with van der Waals surface area (Å²) in [5.41, 5.74) is 5.14. The van der Waals surface area contributed by atoms with E-state index in [1.54, 1.807) is 0 Å². The molecule has 1 aliphatic rings. The van der Waals surface area contributed by atoms with E-state index in [1.165, 1.54) is 12.8 Å². The summed E-state index contributed by atoms with van der Waals surface area (Å²) in [6, 6.07) is 0. The zero-order valence-electron chi connectivity index (χ0n) is 10.2. The fraction of sp³-hybridized carbons (Fsp3) is 0.917. The van der Waals surface area contributed by atoms with E-state index < -0.39 is 0 Å². The molecular formula is C12H24N2O2. The average molecular weight is 228 g/mol. The monoisotopic (exact) mass is 228 g/mol. The Morgan fingerprint density at radius 2 is 2.19 bits per heavy atom. The van der Waals surface area contributed by atoms with Gasteiger partial charge in [0.15, 0.2) is 0 Å². The molecule has 0 aliphatic carbocycles. The van der Waals surface area contributed by atoms with Gasteiger partial charge in [-0.05, 0) is 44.2 Å². The van der Waals surface area contributed by atoms with Crippen molar-refractivity contribution in [2.75, 3.05) is 26.3 Å². The third-order valence-corrected chi connectivity index (χ3v) is 3.14. The van der Waals surface area contributed by atoms with Crippen molar-refractivity contribution >= 4 is 5.91 Å². The zero-order valence-corrected chi connectivity index (χ0v) is 10.2. The Kier molecular flexibility index (Phi) is 6.42. The van der Waals surface area contributed by atoms with Gasteiger partial charge in [-0.15, -0.1) is 0 Å². The van der Waals surface area contributed by atoms with Crippen LogP contribution in [0.15, 0.2) is 0 Å². The lowest BCUT2D eigenvalue weighted by Crippen LogP contribution is -2.29. The number of rotatable bonds is 7. The molecule has 1 rings (SSSR count). The molecule has 1 heterocycles. The zero-order chi connectivity index (χ0) is 11.8. The van der Waals surface area contributed by atoms with Gasteiger partial charge in [-0.1, -0.05) is 6.92 Å². The molecule has 16 heavy (non-hydrogen) atoms. The normalized spacial score (nSPS) is 19.6. The molecule has 0 saturated carbocycles. The molecule has 0 radical (unpaired) electrons. The molecular weight excluding hydrogens is 204 g/mol. The van der Waals surface area contributed by atoms with Crippen LogP contribution >= 0.6 is 0 Å². The molecule has 1 atom stereocenters. The van der Waals surface area contributed by atoms with E-state index in [-0.39, 0.29) is 5.91 Å². The highest BCUT2D eigenvalue weighted by atomic mass is 16.5. The maximum absolute atomic E-state index is 10.7. The lowest BCUT2D eigenvalue weighted by atomic mass is 10.00. The van der Waals surface area contributed by atoms with Gasteiger partial charge < -0.3 is 15.8 Å². The molecule has 94 valence electrons. The minimum atomic E-state index is -0.197. The van der Waals surface area contributed by atoms with Crippen molar-refractivity contribution in [3.63, 3.8) is 0 Å². The Labute approximate surface area is 97.9 Å². The SMILES string of the molecule is C[C@@H](CCNCC1CCOCC1)CC(N)=O. The van der Waals surface area contributed by atoms with Gasteiger partial charge >= 0.3 is 0 Å². The number of carbonyl (C=O) groups is 1. The summed E-state index contributed by atoms with van der Waals surface area (Å²) < 4.78 is 5.31. The van der Waals surface area contributed by atoms with E-state index in [4.69, 9.17) is 10.5 Å². The summed E-state index contributed by atoms with van der Waals surface area (Å²) in [5, 5.41) is 3.45. The fourth-order valence-corrected chi connectivity index (χ4v) is 2.05. The molecule has 0 aromatic heterocycles. The first-order valence-electron chi connectivity index (χ1n) is 6.25. The van der Waals surface area contributed by atoms with E-state index in [0.717, 1.165) is 38.6 Å². The quantitative estimate of drug-likeness (QED) is 0.636. The molecule has 4 heteroatoms. The molecule has 1 saturated heterocycles. The van der Waals surface area contributed by atoms with E-state index in [0.29, 0.717) is 12.3 Å². The molecule has 4 nitrogen and oxygen atoms in total. The van der Waals surface area contributed by atoms with Crippen LogP contribution in [-0.2, 0) is 9.53 Å². The van der Waals surface area contributed by atoms with E-state index in [1.807, 2.05) is 0 Å². The van der Waals surface area contributed by atoms with Crippen molar-refractivity contribution in [2.45, 2.75) is 32.6 Å².